The SMILES string of the molecule is O=C1N/[N+](=C\c2ccccc2)[C@@H]2OCC[C@H]12. The zero-order valence-electron chi connectivity index (χ0n) is 8.80. The first kappa shape index (κ1) is 9.54. The largest absolute Gasteiger partial charge is 0.319 e. The Kier molecular flexibility index (Phi) is 2.22. The minimum atomic E-state index is -0.132. The summed E-state index contributed by atoms with van der Waals surface area (Å²) in [5, 5.41) is 0. The normalized spacial score (nSPS) is 30.5. The zero-order chi connectivity index (χ0) is 11.0. The Balaban J connectivity index is 1.91. The number of benzene rings is 1. The average molecular weight is 217 g/mol. The molecule has 2 fully saturated rings. The number of hydrazine groups is 1. The number of carbonyl (C=O) groups is 1. The van der Waals surface area contributed by atoms with E-state index >= 15 is 0 Å². The van der Waals surface area contributed by atoms with Crippen molar-refractivity contribution in [2.75, 3.05) is 6.61 Å². The summed E-state index contributed by atoms with van der Waals surface area (Å²) in [6.45, 7) is 0.669. The maximum Gasteiger partial charge on any atom is 0.297 e. The van der Waals surface area contributed by atoms with Gasteiger partial charge in [0.25, 0.3) is 12.1 Å². The van der Waals surface area contributed by atoms with Gasteiger partial charge in [0.2, 0.25) is 6.21 Å². The van der Waals surface area contributed by atoms with Gasteiger partial charge in [-0.25, -0.2) is 0 Å². The summed E-state index contributed by atoms with van der Waals surface area (Å²) >= 11 is 0. The first-order valence-corrected chi connectivity index (χ1v) is 5.45. The van der Waals surface area contributed by atoms with Crippen LogP contribution in [0, 0.1) is 5.92 Å². The van der Waals surface area contributed by atoms with E-state index in [1.807, 2.05) is 36.5 Å². The van der Waals surface area contributed by atoms with E-state index in [0.717, 1.165) is 12.0 Å². The fourth-order valence-electron chi connectivity index (χ4n) is 2.19. The molecule has 16 heavy (non-hydrogen) atoms. The van der Waals surface area contributed by atoms with E-state index in [1.54, 1.807) is 4.68 Å². The number of hydrogen-bond acceptors (Lipinski definition) is 2. The first-order chi connectivity index (χ1) is 7.84. The van der Waals surface area contributed by atoms with E-state index < -0.39 is 0 Å². The second-order valence-corrected chi connectivity index (χ2v) is 4.08. The van der Waals surface area contributed by atoms with Crippen LogP contribution < -0.4 is 5.43 Å². The van der Waals surface area contributed by atoms with Gasteiger partial charge in [-0.3, -0.25) is 4.79 Å². The molecule has 2 atom stereocenters. The third-order valence-electron chi connectivity index (χ3n) is 3.00. The Bertz CT molecular complexity index is 442. The Labute approximate surface area is 93.5 Å². The van der Waals surface area contributed by atoms with Crippen LogP contribution in [0.1, 0.15) is 12.0 Å². The van der Waals surface area contributed by atoms with Crippen molar-refractivity contribution in [2.24, 2.45) is 5.92 Å². The van der Waals surface area contributed by atoms with Crippen molar-refractivity contribution in [2.45, 2.75) is 12.6 Å². The quantitative estimate of drug-likeness (QED) is 0.697. The molecule has 2 saturated heterocycles. The average Bonchev–Trinajstić information content (AvgIpc) is 2.87. The molecule has 2 heterocycles. The molecule has 3 rings (SSSR count). The molecule has 0 bridgehead atoms. The number of ether oxygens (including phenoxy) is 1. The van der Waals surface area contributed by atoms with Gasteiger partial charge in [-0.15, -0.1) is 5.43 Å². The standard InChI is InChI=1S/C12H12N2O2/c15-11-10-6-7-16-12(10)14(13-11)8-9-4-2-1-3-5-9/h1-5,8,10,12H,6-7H2/p+1/b14-8-/t10-,12-/m1/s1. The molecule has 1 amide bonds. The highest BCUT2D eigenvalue weighted by Gasteiger charge is 2.50. The van der Waals surface area contributed by atoms with Gasteiger partial charge in [0.15, 0.2) is 0 Å². The van der Waals surface area contributed by atoms with Crippen molar-refractivity contribution >= 4 is 12.1 Å². The molecule has 0 spiro atoms. The van der Waals surface area contributed by atoms with Crippen LogP contribution in [0.2, 0.25) is 0 Å². The molecule has 1 N–H and O–H groups in total. The molecular weight excluding hydrogens is 204 g/mol. The molecule has 0 aromatic heterocycles. The van der Waals surface area contributed by atoms with Crippen LogP contribution in [0.3, 0.4) is 0 Å². The van der Waals surface area contributed by atoms with Crippen LogP contribution in [-0.2, 0) is 9.53 Å². The third-order valence-corrected chi connectivity index (χ3v) is 3.00. The van der Waals surface area contributed by atoms with Crippen molar-refractivity contribution in [1.29, 1.82) is 0 Å². The van der Waals surface area contributed by atoms with Gasteiger partial charge < -0.3 is 4.74 Å². The molecular formula is C12H13N2O2+. The summed E-state index contributed by atoms with van der Waals surface area (Å²) < 4.78 is 7.32. The molecule has 82 valence electrons. The Morgan fingerprint density at radius 1 is 1.38 bits per heavy atom. The van der Waals surface area contributed by atoms with Gasteiger partial charge in [0, 0.05) is 5.56 Å². The number of amides is 1. The first-order valence-electron chi connectivity index (χ1n) is 5.45. The summed E-state index contributed by atoms with van der Waals surface area (Å²) in [5.74, 6) is 0.0506. The maximum atomic E-state index is 11.6. The second-order valence-electron chi connectivity index (χ2n) is 4.08. The van der Waals surface area contributed by atoms with Crippen LogP contribution in [-0.4, -0.2) is 29.6 Å². The van der Waals surface area contributed by atoms with E-state index in [-0.39, 0.29) is 18.1 Å². The highest BCUT2D eigenvalue weighted by atomic mass is 16.5. The van der Waals surface area contributed by atoms with Gasteiger partial charge >= 0.3 is 0 Å². The Morgan fingerprint density at radius 2 is 2.19 bits per heavy atom. The number of nitrogens with one attached hydrogen (secondary N) is 1. The minimum absolute atomic E-state index is 0.0139. The van der Waals surface area contributed by atoms with Crippen LogP contribution in [0.4, 0.5) is 0 Å². The molecule has 1 aromatic rings. The van der Waals surface area contributed by atoms with E-state index in [0.29, 0.717) is 6.61 Å². The molecule has 2 aliphatic rings. The van der Waals surface area contributed by atoms with Crippen molar-refractivity contribution in [1.82, 2.24) is 5.43 Å². The van der Waals surface area contributed by atoms with E-state index in [1.165, 1.54) is 0 Å². The number of hydrogen-bond donors (Lipinski definition) is 1. The van der Waals surface area contributed by atoms with Crippen molar-refractivity contribution in [3.05, 3.63) is 35.9 Å². The molecule has 0 saturated carbocycles. The fourth-order valence-corrected chi connectivity index (χ4v) is 2.19. The third kappa shape index (κ3) is 1.51. The molecule has 0 radical (unpaired) electrons. The van der Waals surface area contributed by atoms with Gasteiger partial charge in [-0.1, -0.05) is 22.9 Å². The minimum Gasteiger partial charge on any atom is -0.319 e. The van der Waals surface area contributed by atoms with Gasteiger partial charge in [0.05, 0.1) is 6.61 Å². The van der Waals surface area contributed by atoms with Gasteiger partial charge in [-0.2, -0.15) is 0 Å². The van der Waals surface area contributed by atoms with Crippen LogP contribution in [0.5, 0.6) is 0 Å². The summed E-state index contributed by atoms with van der Waals surface area (Å²) in [5.41, 5.74) is 3.87. The predicted octanol–water partition coefficient (Wildman–Crippen LogP) is 0.525. The van der Waals surface area contributed by atoms with Crippen molar-refractivity contribution < 1.29 is 14.2 Å². The number of carbonyl (C=O) groups excluding carboxylic acids is 1. The monoisotopic (exact) mass is 217 g/mol. The summed E-state index contributed by atoms with van der Waals surface area (Å²) in [7, 11) is 0. The van der Waals surface area contributed by atoms with E-state index in [4.69, 9.17) is 4.74 Å². The molecule has 2 aliphatic heterocycles. The highest BCUT2D eigenvalue weighted by Crippen LogP contribution is 2.25. The van der Waals surface area contributed by atoms with Crippen LogP contribution in [0.25, 0.3) is 0 Å². The van der Waals surface area contributed by atoms with E-state index in [9.17, 15) is 4.79 Å². The van der Waals surface area contributed by atoms with Gasteiger partial charge in [0.1, 0.15) is 5.92 Å². The number of hydrazone groups is 1. The van der Waals surface area contributed by atoms with Gasteiger partial charge in [-0.05, 0) is 18.6 Å². The molecule has 4 heteroatoms. The molecule has 4 nitrogen and oxygen atoms in total. The molecule has 0 unspecified atom stereocenters. The Hall–Kier alpha value is -1.68. The Morgan fingerprint density at radius 3 is 3.00 bits per heavy atom. The van der Waals surface area contributed by atoms with Crippen LogP contribution in [0.15, 0.2) is 30.3 Å². The zero-order valence-corrected chi connectivity index (χ0v) is 8.80. The topological polar surface area (TPSA) is 41.3 Å². The van der Waals surface area contributed by atoms with Crippen molar-refractivity contribution in [3.63, 3.8) is 0 Å². The fraction of sp³-hybridized carbons (Fsp3) is 0.333. The second kappa shape index (κ2) is 3.72. The summed E-state index contributed by atoms with van der Waals surface area (Å²) in [6.07, 6.45) is 2.59. The van der Waals surface area contributed by atoms with E-state index in [2.05, 4.69) is 5.43 Å². The summed E-state index contributed by atoms with van der Waals surface area (Å²) in [6, 6.07) is 9.89. The lowest BCUT2D eigenvalue weighted by atomic mass is 10.1. The molecule has 1 aromatic carbocycles. The predicted molar refractivity (Wildman–Crippen MR) is 57.9 cm³/mol. The van der Waals surface area contributed by atoms with Crippen molar-refractivity contribution in [3.8, 4) is 0 Å². The maximum absolute atomic E-state index is 11.6. The lowest BCUT2D eigenvalue weighted by Gasteiger charge is -2.00. The smallest absolute Gasteiger partial charge is 0.297 e. The lowest BCUT2D eigenvalue weighted by molar-refractivity contribution is -0.630. The lowest BCUT2D eigenvalue weighted by Crippen LogP contribution is -2.31. The number of rotatable bonds is 1. The summed E-state index contributed by atoms with van der Waals surface area (Å²) in [4.78, 5) is 11.6. The van der Waals surface area contributed by atoms with Crippen LogP contribution >= 0.6 is 0 Å². The number of fused-ring (bicyclic) bond motifs is 1. The number of nitrogens with zero attached hydrogens (tertiary/aromatic N) is 1. The molecule has 0 aliphatic carbocycles. The highest BCUT2D eigenvalue weighted by molar-refractivity contribution is 5.82.